The van der Waals surface area contributed by atoms with Gasteiger partial charge in [-0.1, -0.05) is 88.1 Å². The summed E-state index contributed by atoms with van der Waals surface area (Å²) in [4.78, 5) is 280. The molecule has 0 bridgehead atoms. The van der Waals surface area contributed by atoms with Gasteiger partial charge in [-0.05, 0) is 80.0 Å². The first-order valence-corrected chi connectivity index (χ1v) is 44.5. The van der Waals surface area contributed by atoms with Crippen LogP contribution in [-0.4, -0.2) is 329 Å². The van der Waals surface area contributed by atoms with Gasteiger partial charge in [-0.25, -0.2) is 0 Å². The Morgan fingerprint density at radius 1 is 0.538 bits per heavy atom. The Kier molecular flexibility index (Phi) is 38.7. The van der Waals surface area contributed by atoms with E-state index in [1.807, 2.05) is 0 Å². The summed E-state index contributed by atoms with van der Waals surface area (Å²) in [7, 11) is 3.73. The highest BCUT2D eigenvalue weighted by molar-refractivity contribution is 8.00. The van der Waals surface area contributed by atoms with Gasteiger partial charge in [0.2, 0.25) is 106 Å². The lowest BCUT2D eigenvalue weighted by atomic mass is 10.00. The molecule has 3 aliphatic heterocycles. The number of hydrogen-bond donors (Lipinski definition) is 20. The van der Waals surface area contributed by atoms with Crippen molar-refractivity contribution in [2.75, 3.05) is 72.0 Å². The number of aromatic hydroxyl groups is 1. The molecule has 0 spiro atoms. The van der Waals surface area contributed by atoms with Crippen LogP contribution >= 0.6 is 11.8 Å². The highest BCUT2D eigenvalue weighted by Gasteiger charge is 2.47. The molecule has 0 saturated carbocycles. The lowest BCUT2D eigenvalue weighted by molar-refractivity contribution is -0.149. The molecule has 0 unspecified atom stereocenters. The predicted octanol–water partition coefficient (Wildman–Crippen LogP) is -6.46. The van der Waals surface area contributed by atoms with Gasteiger partial charge in [-0.15, -0.1) is 11.8 Å². The van der Waals surface area contributed by atoms with E-state index in [1.165, 1.54) is 69.3 Å². The number of nitrogens with two attached hydrogens (primary N) is 5. The number of para-hydroxylation sites is 2. The first-order chi connectivity index (χ1) is 62.7. The average molecular weight is 1860 g/mol. The number of unbranched alkanes of at least 4 members (excludes halogenated alkanes) is 2. The fourth-order valence-electron chi connectivity index (χ4n) is 15.9. The zero-order valence-corrected chi connectivity index (χ0v) is 75.1. The maximum atomic E-state index is 15.8. The Bertz CT molecular complexity index is 5050. The molecular weight excluding hydrogens is 1740 g/mol. The van der Waals surface area contributed by atoms with Crippen molar-refractivity contribution < 1.29 is 112 Å². The number of aliphatic carboxylic acids is 1. The molecule has 15 atom stereocenters. The predicted molar refractivity (Wildman–Crippen MR) is 477 cm³/mol. The van der Waals surface area contributed by atoms with Gasteiger partial charge in [0.25, 0.3) is 0 Å². The number of amides is 18. The van der Waals surface area contributed by atoms with Crippen LogP contribution in [0.1, 0.15) is 115 Å². The average Bonchev–Trinajstić information content (AvgIpc) is 1.69. The van der Waals surface area contributed by atoms with Gasteiger partial charge in [0.05, 0.1) is 31.4 Å². The molecule has 5 heterocycles. The number of aliphatic hydroxyl groups excluding tert-OH is 2. The molecule has 3 fully saturated rings. The number of primary amides is 3. The van der Waals surface area contributed by atoms with Crippen molar-refractivity contribution in [3.05, 3.63) is 102 Å². The second-order valence-electron chi connectivity index (χ2n) is 32.9. The number of carboxylic acids is 1. The summed E-state index contributed by atoms with van der Waals surface area (Å²) in [5.74, 6) is -21.0. The van der Waals surface area contributed by atoms with Crippen molar-refractivity contribution in [2.24, 2.45) is 28.7 Å². The molecule has 18 amide bonds. The minimum atomic E-state index is -2.00. The third kappa shape index (κ3) is 28.1. The molecule has 2 aromatic heterocycles. The van der Waals surface area contributed by atoms with E-state index in [1.54, 1.807) is 62.4 Å². The van der Waals surface area contributed by atoms with Crippen LogP contribution < -0.4 is 81.8 Å². The molecule has 0 aliphatic carbocycles. The fourth-order valence-corrected chi connectivity index (χ4v) is 16.8. The number of nitrogens with zero attached hydrogens (tertiary/aromatic N) is 6. The van der Waals surface area contributed by atoms with E-state index in [-0.39, 0.29) is 62.8 Å². The van der Waals surface area contributed by atoms with Crippen LogP contribution in [0.3, 0.4) is 0 Å². The third-order valence-corrected chi connectivity index (χ3v) is 24.3. The Morgan fingerprint density at radius 2 is 1.08 bits per heavy atom. The van der Waals surface area contributed by atoms with E-state index in [9.17, 15) is 82.8 Å². The number of carboxylic acid groups (broad SMARTS) is 1. The molecule has 25 N–H and O–H groups in total. The summed E-state index contributed by atoms with van der Waals surface area (Å²) in [6.07, 6.45) is -0.775. The molecule has 718 valence electrons. The molecule has 132 heavy (non-hydrogen) atoms. The van der Waals surface area contributed by atoms with E-state index in [0.717, 1.165) is 36.3 Å². The number of likely N-dealkylation sites (N-methyl/N-ethyl adjacent to an activating group) is 3. The number of carbonyl (C=O) groups is 19. The second kappa shape index (κ2) is 49.1. The van der Waals surface area contributed by atoms with Crippen LogP contribution in [0.2, 0.25) is 0 Å². The van der Waals surface area contributed by atoms with E-state index in [0.29, 0.717) is 45.8 Å². The fraction of sp³-hybridized carbons (Fsp3) is 0.523. The van der Waals surface area contributed by atoms with Crippen molar-refractivity contribution in [3.8, 4) is 5.75 Å². The van der Waals surface area contributed by atoms with E-state index in [2.05, 4.69) is 58.2 Å². The van der Waals surface area contributed by atoms with Crippen LogP contribution in [-0.2, 0) is 117 Å². The van der Waals surface area contributed by atoms with Crippen LogP contribution in [0.25, 0.3) is 21.8 Å². The summed E-state index contributed by atoms with van der Waals surface area (Å²) in [6, 6.07) is -4.49. The number of aliphatic hydroxyl groups is 2. The van der Waals surface area contributed by atoms with Gasteiger partial charge in [-0.2, -0.15) is 0 Å². The highest BCUT2D eigenvalue weighted by atomic mass is 32.2. The molecule has 45 nitrogen and oxygen atoms in total. The maximum absolute atomic E-state index is 15.8. The van der Waals surface area contributed by atoms with Crippen LogP contribution in [0.5, 0.6) is 5.75 Å². The topological polar surface area (TPSA) is 693 Å². The van der Waals surface area contributed by atoms with Crippen molar-refractivity contribution in [2.45, 2.75) is 214 Å². The Balaban J connectivity index is 1.19. The van der Waals surface area contributed by atoms with Crippen molar-refractivity contribution in [3.63, 3.8) is 0 Å². The molecule has 3 aliphatic rings. The standard InChI is InChI=1S/C86H120N22O23S/c1-7-9-19-64-79(124)99-60(36-88)77(122)102-62(74(119)93-38-70(91)114)43-132-44-71(115)94-56(30-46-23-25-49(110)26-24-46)82(127)103(4)45(3)73(118)97-58(34-69(90)113)85(130)107-29-15-22-65(107)80(125)100-59(35-87)76(121)95-54(27-28-68(89)112)84(129)108-40-50(111)33-67(108)81(126)96-55(31-47-37-92-53-18-13-11-16-51(47)53)75(120)101-61(42-109)78(123)98-57(83(128)105(6)66(20-10-8-2)86(131)104(64)5)32-48-39-106(41-72(116)117)63-21-14-12-17-52(48)63/h11-14,16-18,21,23-26,37,39,45,50,54-62,64-67,92,109-111H,7-10,15,19-20,22,27-36,38,40-44,87-88H2,1-6H3,(H2,89,112)(H2,90,113)(H2,91,114)(H,93,119)(H,94,115)(H,95,121)(H,96,126)(H,97,118)(H,98,123)(H,99,124)(H,100,125)(H,101,120)(H,102,122)(H,116,117)/t45-,50+,54-,55-,56-,57-,58+,59-,60-,61-,62-,64-,65-,66-,67-/m0/s1. The van der Waals surface area contributed by atoms with E-state index < -0.39 is 292 Å². The normalized spacial score (nSPS) is 25.0. The van der Waals surface area contributed by atoms with Crippen molar-refractivity contribution in [1.82, 2.24) is 87.2 Å². The van der Waals surface area contributed by atoms with Gasteiger partial charge in [0, 0.05) is 119 Å². The third-order valence-electron chi connectivity index (χ3n) is 23.3. The Hall–Kier alpha value is -13.3. The number of phenols is 1. The van der Waals surface area contributed by atoms with Crippen molar-refractivity contribution >= 4 is 146 Å². The monoisotopic (exact) mass is 1860 g/mol. The summed E-state index contributed by atoms with van der Waals surface area (Å²) < 4.78 is 1.39. The number of aromatic nitrogens is 2. The van der Waals surface area contributed by atoms with Crippen LogP contribution in [0, 0.1) is 0 Å². The SMILES string of the molecule is CCCC[C@H]1C(=O)N(C)[C@@H](CCCC)C(=O)N[C@@H](CN)C(=O)N[C@H](C(=O)NCC(N)=O)CSCC(=O)N[C@@H](Cc2ccc(O)cc2)C(=O)N(C)[C@@H](C)C(=O)N[C@H](CC(N)=O)C(=O)N2CCC[C@H]2C(=O)N[C@@H](CN)C(=O)N[C@@H](CCC(N)=O)C(=O)N2C[C@H](O)C[C@H]2C(=O)N[C@@H](Cc2c[nH]c3ccccc23)C(=O)N[C@@H](CO)C(=O)N[C@@H](Cc2cn(CC(=O)O)c3ccccc23)C(=O)N1C. The first-order valence-electron chi connectivity index (χ1n) is 43.4. The lowest BCUT2D eigenvalue weighted by Crippen LogP contribution is -2.62. The quantitative estimate of drug-likeness (QED) is 0.0258. The van der Waals surface area contributed by atoms with Crippen molar-refractivity contribution in [1.29, 1.82) is 0 Å². The minimum Gasteiger partial charge on any atom is -0.508 e. The number of nitrogens with one attached hydrogen (secondary N) is 11. The van der Waals surface area contributed by atoms with Gasteiger partial charge in [0.15, 0.2) is 0 Å². The summed E-state index contributed by atoms with van der Waals surface area (Å²) in [6.45, 7) is 0.229. The lowest BCUT2D eigenvalue weighted by Gasteiger charge is -2.36. The molecule has 0 radical (unpaired) electrons. The number of fused-ring (bicyclic) bond motifs is 4. The molecular formula is C86H120N22O23S. The number of H-pyrrole nitrogens is 1. The van der Waals surface area contributed by atoms with Crippen LogP contribution in [0.15, 0.2) is 85.2 Å². The molecule has 8 rings (SSSR count). The van der Waals surface area contributed by atoms with Crippen LogP contribution in [0.4, 0.5) is 0 Å². The molecule has 46 heteroatoms. The number of hydrogen-bond acceptors (Lipinski definition) is 25. The Labute approximate surface area is 763 Å². The number of aromatic amines is 1. The van der Waals surface area contributed by atoms with E-state index in [4.69, 9.17) is 28.7 Å². The zero-order valence-electron chi connectivity index (χ0n) is 74.2. The number of benzene rings is 3. The van der Waals surface area contributed by atoms with Gasteiger partial charge in [-0.3, -0.25) is 91.1 Å². The summed E-state index contributed by atoms with van der Waals surface area (Å²) in [5, 5.41) is 68.8. The number of phenolic OH excluding ortho intramolecular Hbond substituents is 1. The second-order valence-corrected chi connectivity index (χ2v) is 33.9. The first kappa shape index (κ1) is 104. The maximum Gasteiger partial charge on any atom is 0.323 e. The minimum absolute atomic E-state index is 0.0628. The number of rotatable bonds is 25. The smallest absolute Gasteiger partial charge is 0.323 e. The summed E-state index contributed by atoms with van der Waals surface area (Å²) >= 11 is 0.729. The molecule has 5 aromatic rings. The molecule has 3 saturated heterocycles. The Morgan fingerprint density at radius 3 is 1.72 bits per heavy atom. The van der Waals surface area contributed by atoms with E-state index >= 15 is 28.8 Å². The van der Waals surface area contributed by atoms with Gasteiger partial charge < -0.3 is 136 Å². The highest BCUT2D eigenvalue weighted by Crippen LogP contribution is 2.28. The molecule has 3 aromatic carbocycles. The number of thioether (sulfide) groups is 1. The van der Waals surface area contributed by atoms with Gasteiger partial charge in [0.1, 0.15) is 96.9 Å². The summed E-state index contributed by atoms with van der Waals surface area (Å²) in [5.41, 5.74) is 31.0. The number of carbonyl (C=O) groups excluding carboxylic acids is 18. The largest absolute Gasteiger partial charge is 0.508 e. The van der Waals surface area contributed by atoms with Gasteiger partial charge >= 0.3 is 5.97 Å². The zero-order chi connectivity index (χ0) is 97.1.